The lowest BCUT2D eigenvalue weighted by molar-refractivity contribution is 0.0740. The lowest BCUT2D eigenvalue weighted by atomic mass is 10.1. The lowest BCUT2D eigenvalue weighted by Gasteiger charge is -2.25. The first-order valence-electron chi connectivity index (χ1n) is 7.41. The quantitative estimate of drug-likeness (QED) is 0.840. The first kappa shape index (κ1) is 14.0. The number of carbonyl (C=O) groups excluding carboxylic acids is 1. The zero-order chi connectivity index (χ0) is 13.5. The number of carbonyl (C=O) groups is 1. The summed E-state index contributed by atoms with van der Waals surface area (Å²) in [6.45, 7) is 3.85. The Labute approximate surface area is 115 Å². The SMILES string of the molecule is CCCc1ncncc1C(=O)N1CCCCCCC1. The molecule has 1 aliphatic rings. The Kier molecular flexibility index (Phi) is 5.31. The van der Waals surface area contributed by atoms with Crippen LogP contribution in [0.15, 0.2) is 12.5 Å². The number of aryl methyl sites for hydroxylation is 1. The van der Waals surface area contributed by atoms with Crippen LogP contribution in [-0.4, -0.2) is 33.9 Å². The van der Waals surface area contributed by atoms with E-state index in [4.69, 9.17) is 0 Å². The second-order valence-corrected chi connectivity index (χ2v) is 5.19. The molecule has 0 aromatic carbocycles. The molecule has 4 nitrogen and oxygen atoms in total. The van der Waals surface area contributed by atoms with Crippen molar-refractivity contribution in [3.8, 4) is 0 Å². The number of hydrogen-bond acceptors (Lipinski definition) is 3. The van der Waals surface area contributed by atoms with E-state index in [-0.39, 0.29) is 5.91 Å². The van der Waals surface area contributed by atoms with Gasteiger partial charge in [0.2, 0.25) is 0 Å². The summed E-state index contributed by atoms with van der Waals surface area (Å²) in [6, 6.07) is 0. The van der Waals surface area contributed by atoms with E-state index in [1.54, 1.807) is 6.20 Å². The molecule has 0 atom stereocenters. The third-order valence-electron chi connectivity index (χ3n) is 3.66. The third kappa shape index (κ3) is 3.75. The van der Waals surface area contributed by atoms with Crippen LogP contribution in [0.5, 0.6) is 0 Å². The predicted molar refractivity (Wildman–Crippen MR) is 75.0 cm³/mol. The summed E-state index contributed by atoms with van der Waals surface area (Å²) in [5.41, 5.74) is 1.59. The van der Waals surface area contributed by atoms with E-state index in [1.165, 1.54) is 25.6 Å². The van der Waals surface area contributed by atoms with Crippen LogP contribution < -0.4 is 0 Å². The van der Waals surface area contributed by atoms with Gasteiger partial charge in [-0.05, 0) is 19.3 Å². The van der Waals surface area contributed by atoms with E-state index >= 15 is 0 Å². The molecule has 0 saturated carbocycles. The molecule has 19 heavy (non-hydrogen) atoms. The normalized spacial score (nSPS) is 16.8. The molecule has 1 fully saturated rings. The van der Waals surface area contributed by atoms with Crippen LogP contribution in [0.1, 0.15) is 61.5 Å². The van der Waals surface area contributed by atoms with Crippen LogP contribution in [0.4, 0.5) is 0 Å². The maximum Gasteiger partial charge on any atom is 0.257 e. The molecule has 2 heterocycles. The summed E-state index contributed by atoms with van der Waals surface area (Å²) in [5.74, 6) is 0.117. The Morgan fingerprint density at radius 3 is 2.58 bits per heavy atom. The summed E-state index contributed by atoms with van der Waals surface area (Å²) in [4.78, 5) is 22.9. The van der Waals surface area contributed by atoms with Crippen LogP contribution in [0.3, 0.4) is 0 Å². The van der Waals surface area contributed by atoms with Crippen LogP contribution in [-0.2, 0) is 6.42 Å². The number of likely N-dealkylation sites (tertiary alicyclic amines) is 1. The van der Waals surface area contributed by atoms with Crippen LogP contribution in [0, 0.1) is 0 Å². The van der Waals surface area contributed by atoms with Crippen LogP contribution in [0.25, 0.3) is 0 Å². The van der Waals surface area contributed by atoms with Gasteiger partial charge in [0.05, 0.1) is 11.3 Å². The van der Waals surface area contributed by atoms with Crippen molar-refractivity contribution in [3.63, 3.8) is 0 Å². The lowest BCUT2D eigenvalue weighted by Crippen LogP contribution is -2.34. The molecule has 0 aliphatic carbocycles. The van der Waals surface area contributed by atoms with Crippen LogP contribution in [0.2, 0.25) is 0 Å². The number of aromatic nitrogens is 2. The maximum atomic E-state index is 12.6. The highest BCUT2D eigenvalue weighted by Crippen LogP contribution is 2.15. The van der Waals surface area contributed by atoms with Gasteiger partial charge in [-0.25, -0.2) is 9.97 Å². The van der Waals surface area contributed by atoms with Crippen molar-refractivity contribution in [2.75, 3.05) is 13.1 Å². The molecule has 0 N–H and O–H groups in total. The van der Waals surface area contributed by atoms with Crippen molar-refractivity contribution in [1.29, 1.82) is 0 Å². The number of amides is 1. The Morgan fingerprint density at radius 1 is 1.21 bits per heavy atom. The van der Waals surface area contributed by atoms with Gasteiger partial charge < -0.3 is 4.90 Å². The molecule has 104 valence electrons. The third-order valence-corrected chi connectivity index (χ3v) is 3.66. The van der Waals surface area contributed by atoms with E-state index in [0.717, 1.165) is 44.5 Å². The number of nitrogens with zero attached hydrogens (tertiary/aromatic N) is 3. The second-order valence-electron chi connectivity index (χ2n) is 5.19. The van der Waals surface area contributed by atoms with Gasteiger partial charge in [0.15, 0.2) is 0 Å². The fourth-order valence-corrected chi connectivity index (χ4v) is 2.59. The minimum absolute atomic E-state index is 0.117. The van der Waals surface area contributed by atoms with Crippen molar-refractivity contribution in [3.05, 3.63) is 23.8 Å². The largest absolute Gasteiger partial charge is 0.339 e. The number of rotatable bonds is 3. The summed E-state index contributed by atoms with van der Waals surface area (Å²) >= 11 is 0. The van der Waals surface area contributed by atoms with Gasteiger partial charge in [-0.1, -0.05) is 32.6 Å². The molecule has 1 saturated heterocycles. The average Bonchev–Trinajstić information content (AvgIpc) is 2.39. The summed E-state index contributed by atoms with van der Waals surface area (Å²) < 4.78 is 0. The Bertz CT molecular complexity index is 412. The van der Waals surface area contributed by atoms with Crippen LogP contribution >= 0.6 is 0 Å². The molecule has 1 aromatic heterocycles. The highest BCUT2D eigenvalue weighted by molar-refractivity contribution is 5.95. The summed E-state index contributed by atoms with van der Waals surface area (Å²) in [7, 11) is 0. The van der Waals surface area contributed by atoms with Gasteiger partial charge in [-0.3, -0.25) is 4.79 Å². The standard InChI is InChI=1S/C15H23N3O/c1-2-8-14-13(11-16-12-17-14)15(19)18-9-6-4-3-5-7-10-18/h11-12H,2-10H2,1H3. The highest BCUT2D eigenvalue weighted by atomic mass is 16.2. The van der Waals surface area contributed by atoms with E-state index in [0.29, 0.717) is 5.56 Å². The van der Waals surface area contributed by atoms with E-state index < -0.39 is 0 Å². The van der Waals surface area contributed by atoms with Gasteiger partial charge >= 0.3 is 0 Å². The molecule has 1 aromatic rings. The molecular weight excluding hydrogens is 238 g/mol. The summed E-state index contributed by atoms with van der Waals surface area (Å²) in [5, 5.41) is 0. The maximum absolute atomic E-state index is 12.6. The molecule has 0 spiro atoms. The van der Waals surface area contributed by atoms with Crippen molar-refractivity contribution in [2.45, 2.75) is 51.9 Å². The molecule has 0 radical (unpaired) electrons. The van der Waals surface area contributed by atoms with Crippen molar-refractivity contribution in [2.24, 2.45) is 0 Å². The predicted octanol–water partition coefficient (Wildman–Crippen LogP) is 2.84. The zero-order valence-corrected chi connectivity index (χ0v) is 11.8. The smallest absolute Gasteiger partial charge is 0.257 e. The average molecular weight is 261 g/mol. The monoisotopic (exact) mass is 261 g/mol. The topological polar surface area (TPSA) is 46.1 Å². The summed E-state index contributed by atoms with van der Waals surface area (Å²) in [6.07, 6.45) is 11.1. The second kappa shape index (κ2) is 7.22. The fraction of sp³-hybridized carbons (Fsp3) is 0.667. The first-order chi connectivity index (χ1) is 9.33. The van der Waals surface area contributed by atoms with E-state index in [1.807, 2.05) is 4.90 Å². The van der Waals surface area contributed by atoms with Gasteiger partial charge in [0.25, 0.3) is 5.91 Å². The molecule has 4 heteroatoms. The van der Waals surface area contributed by atoms with E-state index in [9.17, 15) is 4.79 Å². The zero-order valence-electron chi connectivity index (χ0n) is 11.8. The molecule has 2 rings (SSSR count). The minimum Gasteiger partial charge on any atom is -0.339 e. The minimum atomic E-state index is 0.117. The van der Waals surface area contributed by atoms with Crippen molar-refractivity contribution >= 4 is 5.91 Å². The first-order valence-corrected chi connectivity index (χ1v) is 7.41. The Hall–Kier alpha value is -1.45. The van der Waals surface area contributed by atoms with E-state index in [2.05, 4.69) is 16.9 Å². The highest BCUT2D eigenvalue weighted by Gasteiger charge is 2.19. The Morgan fingerprint density at radius 2 is 1.89 bits per heavy atom. The van der Waals surface area contributed by atoms with Crippen molar-refractivity contribution in [1.82, 2.24) is 14.9 Å². The molecular formula is C15H23N3O. The molecule has 0 bridgehead atoms. The number of hydrogen-bond donors (Lipinski definition) is 0. The molecule has 1 amide bonds. The van der Waals surface area contributed by atoms with Gasteiger partial charge in [0, 0.05) is 19.3 Å². The fourth-order valence-electron chi connectivity index (χ4n) is 2.59. The van der Waals surface area contributed by atoms with Crippen molar-refractivity contribution < 1.29 is 4.79 Å². The van der Waals surface area contributed by atoms with Gasteiger partial charge in [-0.2, -0.15) is 0 Å². The molecule has 1 aliphatic heterocycles. The van der Waals surface area contributed by atoms with Gasteiger partial charge in [-0.15, -0.1) is 0 Å². The molecule has 0 unspecified atom stereocenters. The van der Waals surface area contributed by atoms with Gasteiger partial charge in [0.1, 0.15) is 6.33 Å². The Balaban J connectivity index is 2.12.